The molecule has 156 valence electrons. The largest absolute Gasteiger partial charge is 0.481 e. The minimum absolute atomic E-state index is 0.323. The molecule has 5 rings (SSSR count). The van der Waals surface area contributed by atoms with Gasteiger partial charge in [0.15, 0.2) is 17.9 Å². The number of nitrogens with zero attached hydrogens (tertiary/aromatic N) is 5. The van der Waals surface area contributed by atoms with Crippen molar-refractivity contribution in [3.63, 3.8) is 0 Å². The highest BCUT2D eigenvalue weighted by Crippen LogP contribution is 2.36. The first-order chi connectivity index (χ1) is 15.2. The molecule has 1 aliphatic rings. The Labute approximate surface area is 177 Å². The molecule has 1 aromatic carbocycles. The number of carbonyl (C=O) groups is 1. The summed E-state index contributed by atoms with van der Waals surface area (Å²) in [6.45, 7) is 1.15. The highest BCUT2D eigenvalue weighted by molar-refractivity contribution is 5.78. The first-order valence-corrected chi connectivity index (χ1v) is 9.92. The molecule has 0 saturated carbocycles. The molecule has 0 amide bonds. The smallest absolute Gasteiger partial charge is 0.306 e. The van der Waals surface area contributed by atoms with Gasteiger partial charge in [0, 0.05) is 36.6 Å². The maximum Gasteiger partial charge on any atom is 0.306 e. The van der Waals surface area contributed by atoms with Gasteiger partial charge in [-0.05, 0) is 12.8 Å². The molecule has 0 unspecified atom stereocenters. The molecule has 0 aliphatic carbocycles. The standard InChI is InChI=1S/C22H19N5O4/c28-21(29)16-5-7-27(8-6-16)22-26-19(20(31-22)17-9-23-12-24-10-17)15-3-1-14(2-4-15)18-11-25-13-30-18/h1-4,9-13,16H,5-8H2,(H,28,29). The van der Waals surface area contributed by atoms with E-state index in [1.165, 1.54) is 12.7 Å². The topological polar surface area (TPSA) is 118 Å². The van der Waals surface area contributed by atoms with Gasteiger partial charge in [0.05, 0.1) is 17.7 Å². The first kappa shape index (κ1) is 19.0. The number of aliphatic carboxylic acids is 1. The lowest BCUT2D eigenvalue weighted by Gasteiger charge is -2.28. The number of carboxylic acids is 1. The Morgan fingerprint density at radius 2 is 1.68 bits per heavy atom. The normalized spacial score (nSPS) is 14.6. The zero-order chi connectivity index (χ0) is 21.2. The number of piperidine rings is 1. The van der Waals surface area contributed by atoms with Crippen LogP contribution in [-0.4, -0.2) is 44.1 Å². The van der Waals surface area contributed by atoms with Gasteiger partial charge in [-0.15, -0.1) is 0 Å². The van der Waals surface area contributed by atoms with Crippen LogP contribution in [0.25, 0.3) is 33.9 Å². The van der Waals surface area contributed by atoms with E-state index in [0.29, 0.717) is 49.2 Å². The Morgan fingerprint density at radius 1 is 0.968 bits per heavy atom. The zero-order valence-corrected chi connectivity index (χ0v) is 16.5. The van der Waals surface area contributed by atoms with Gasteiger partial charge in [-0.3, -0.25) is 4.79 Å². The minimum atomic E-state index is -0.748. The van der Waals surface area contributed by atoms with E-state index in [2.05, 4.69) is 15.0 Å². The Bertz CT molecular complexity index is 1160. The second kappa shape index (κ2) is 8.02. The Kier molecular flexibility index (Phi) is 4.91. The van der Waals surface area contributed by atoms with Crippen LogP contribution in [-0.2, 0) is 4.79 Å². The fourth-order valence-corrected chi connectivity index (χ4v) is 3.72. The molecule has 3 aromatic heterocycles. The maximum atomic E-state index is 11.3. The van der Waals surface area contributed by atoms with Gasteiger partial charge >= 0.3 is 5.97 Å². The molecule has 9 nitrogen and oxygen atoms in total. The number of oxazole rings is 2. The molecule has 9 heteroatoms. The van der Waals surface area contributed by atoms with Crippen molar-refractivity contribution in [2.24, 2.45) is 5.92 Å². The van der Waals surface area contributed by atoms with Crippen LogP contribution in [0.4, 0.5) is 6.01 Å². The van der Waals surface area contributed by atoms with Gasteiger partial charge in [-0.25, -0.2) is 15.0 Å². The fraction of sp³-hybridized carbons (Fsp3) is 0.227. The van der Waals surface area contributed by atoms with Crippen molar-refractivity contribution in [3.05, 3.63) is 55.6 Å². The highest BCUT2D eigenvalue weighted by Gasteiger charge is 2.28. The predicted octanol–water partition coefficient (Wildman–Crippen LogP) is 3.75. The second-order valence-electron chi connectivity index (χ2n) is 7.34. The monoisotopic (exact) mass is 417 g/mol. The molecule has 0 bridgehead atoms. The van der Waals surface area contributed by atoms with Crippen LogP contribution in [0.2, 0.25) is 0 Å². The van der Waals surface area contributed by atoms with Crippen molar-refractivity contribution >= 4 is 12.0 Å². The summed E-state index contributed by atoms with van der Waals surface area (Å²) in [5.74, 6) is 0.187. The van der Waals surface area contributed by atoms with Gasteiger partial charge in [-0.1, -0.05) is 24.3 Å². The van der Waals surface area contributed by atoms with Crippen molar-refractivity contribution < 1.29 is 18.7 Å². The van der Waals surface area contributed by atoms with E-state index in [1.807, 2.05) is 29.2 Å². The van der Waals surface area contributed by atoms with E-state index in [1.54, 1.807) is 18.6 Å². The molecule has 1 saturated heterocycles. The average molecular weight is 417 g/mol. The zero-order valence-electron chi connectivity index (χ0n) is 16.5. The molecule has 1 N–H and O–H groups in total. The fourth-order valence-electron chi connectivity index (χ4n) is 3.72. The molecule has 0 radical (unpaired) electrons. The van der Waals surface area contributed by atoms with E-state index in [-0.39, 0.29) is 5.92 Å². The van der Waals surface area contributed by atoms with Gasteiger partial charge in [-0.2, -0.15) is 4.98 Å². The summed E-state index contributed by atoms with van der Waals surface area (Å²) >= 11 is 0. The van der Waals surface area contributed by atoms with Gasteiger partial charge in [0.2, 0.25) is 0 Å². The van der Waals surface area contributed by atoms with E-state index >= 15 is 0 Å². The van der Waals surface area contributed by atoms with Crippen LogP contribution in [0, 0.1) is 5.92 Å². The number of aromatic nitrogens is 4. The Balaban J connectivity index is 1.49. The number of hydrogen-bond acceptors (Lipinski definition) is 8. The first-order valence-electron chi connectivity index (χ1n) is 9.92. The third-order valence-corrected chi connectivity index (χ3v) is 5.43. The Hall–Kier alpha value is -4.01. The molecular weight excluding hydrogens is 398 g/mol. The highest BCUT2D eigenvalue weighted by atomic mass is 16.4. The second-order valence-corrected chi connectivity index (χ2v) is 7.34. The molecule has 0 atom stereocenters. The summed E-state index contributed by atoms with van der Waals surface area (Å²) in [4.78, 5) is 30.2. The Morgan fingerprint density at radius 3 is 2.32 bits per heavy atom. The van der Waals surface area contributed by atoms with Crippen LogP contribution >= 0.6 is 0 Å². The quantitative estimate of drug-likeness (QED) is 0.518. The van der Waals surface area contributed by atoms with Gasteiger partial charge in [0.1, 0.15) is 12.0 Å². The van der Waals surface area contributed by atoms with Crippen LogP contribution in [0.1, 0.15) is 12.8 Å². The number of benzene rings is 1. The lowest BCUT2D eigenvalue weighted by molar-refractivity contribution is -0.142. The van der Waals surface area contributed by atoms with Crippen LogP contribution in [0.3, 0.4) is 0 Å². The SMILES string of the molecule is O=C(O)C1CCN(c2nc(-c3ccc(-c4cnco4)cc3)c(-c3cncnc3)o2)CC1. The van der Waals surface area contributed by atoms with E-state index in [9.17, 15) is 9.90 Å². The van der Waals surface area contributed by atoms with Crippen molar-refractivity contribution in [3.8, 4) is 33.9 Å². The third kappa shape index (κ3) is 3.77. The number of carboxylic acid groups (broad SMARTS) is 1. The summed E-state index contributed by atoms with van der Waals surface area (Å²) in [5, 5.41) is 9.25. The maximum absolute atomic E-state index is 11.3. The van der Waals surface area contributed by atoms with Crippen LogP contribution < -0.4 is 4.90 Å². The van der Waals surface area contributed by atoms with Crippen LogP contribution in [0.5, 0.6) is 0 Å². The van der Waals surface area contributed by atoms with Crippen LogP contribution in [0.15, 0.2) is 64.4 Å². The number of anilines is 1. The van der Waals surface area contributed by atoms with Gasteiger partial charge < -0.3 is 18.8 Å². The van der Waals surface area contributed by atoms with Crippen molar-refractivity contribution in [1.29, 1.82) is 0 Å². The summed E-state index contributed by atoms with van der Waals surface area (Å²) in [7, 11) is 0. The van der Waals surface area contributed by atoms with E-state index in [4.69, 9.17) is 13.8 Å². The summed E-state index contributed by atoms with van der Waals surface area (Å²) in [6, 6.07) is 8.24. The minimum Gasteiger partial charge on any atom is -0.481 e. The molecule has 1 fully saturated rings. The molecule has 1 aliphatic heterocycles. The molecule has 0 spiro atoms. The average Bonchev–Trinajstić information content (AvgIpc) is 3.51. The molecular formula is C22H19N5O4. The number of hydrogen-bond donors (Lipinski definition) is 1. The molecule has 31 heavy (non-hydrogen) atoms. The van der Waals surface area contributed by atoms with Crippen molar-refractivity contribution in [1.82, 2.24) is 19.9 Å². The van der Waals surface area contributed by atoms with Gasteiger partial charge in [0.25, 0.3) is 6.01 Å². The molecule has 4 heterocycles. The predicted molar refractivity (Wildman–Crippen MR) is 111 cm³/mol. The van der Waals surface area contributed by atoms with Crippen molar-refractivity contribution in [2.75, 3.05) is 18.0 Å². The third-order valence-electron chi connectivity index (χ3n) is 5.43. The van der Waals surface area contributed by atoms with Crippen molar-refractivity contribution in [2.45, 2.75) is 12.8 Å². The molecule has 4 aromatic rings. The summed E-state index contributed by atoms with van der Waals surface area (Å²) < 4.78 is 11.5. The van der Waals surface area contributed by atoms with E-state index < -0.39 is 5.97 Å². The van der Waals surface area contributed by atoms with E-state index in [0.717, 1.165) is 16.7 Å². The summed E-state index contributed by atoms with van der Waals surface area (Å²) in [5.41, 5.74) is 3.17. The lowest BCUT2D eigenvalue weighted by atomic mass is 9.97. The number of rotatable bonds is 5. The summed E-state index contributed by atoms with van der Waals surface area (Å²) in [6.07, 6.45) is 9.00. The lowest BCUT2D eigenvalue weighted by Crippen LogP contribution is -2.36.